The molecule has 2 aromatic rings. The van der Waals surface area contributed by atoms with Crippen LogP contribution in [0.5, 0.6) is 5.75 Å². The zero-order valence-electron chi connectivity index (χ0n) is 13.6. The smallest absolute Gasteiger partial charge is 0.251 e. The molecule has 1 amide bonds. The number of amides is 1. The first-order valence-corrected chi connectivity index (χ1v) is 7.78. The van der Waals surface area contributed by atoms with E-state index < -0.39 is 0 Å². The van der Waals surface area contributed by atoms with Crippen LogP contribution >= 0.6 is 0 Å². The van der Waals surface area contributed by atoms with Crippen molar-refractivity contribution in [1.29, 1.82) is 0 Å². The van der Waals surface area contributed by atoms with E-state index in [0.717, 1.165) is 5.56 Å². The minimum atomic E-state index is -0.160. The molecule has 1 unspecified atom stereocenters. The maximum absolute atomic E-state index is 12.2. The molecule has 0 saturated carbocycles. The monoisotopic (exact) mass is 313 g/mol. The molecule has 0 saturated heterocycles. The van der Waals surface area contributed by atoms with Crippen LogP contribution in [0.25, 0.3) is 0 Å². The fourth-order valence-electron chi connectivity index (χ4n) is 2.27. The van der Waals surface area contributed by atoms with Gasteiger partial charge in [-0.3, -0.25) is 4.79 Å². The molecule has 0 spiro atoms. The van der Waals surface area contributed by atoms with Gasteiger partial charge in [-0.05, 0) is 44.0 Å². The van der Waals surface area contributed by atoms with Crippen LogP contribution in [0.2, 0.25) is 0 Å². The summed E-state index contributed by atoms with van der Waals surface area (Å²) >= 11 is 0. The Morgan fingerprint density at radius 1 is 1.22 bits per heavy atom. The maximum Gasteiger partial charge on any atom is 0.251 e. The number of aliphatic hydroxyl groups excluding tert-OH is 1. The molecule has 0 fully saturated rings. The number of ether oxygens (including phenoxy) is 1. The lowest BCUT2D eigenvalue weighted by atomic mass is 10.1. The van der Waals surface area contributed by atoms with Crippen LogP contribution < -0.4 is 10.1 Å². The van der Waals surface area contributed by atoms with Crippen molar-refractivity contribution in [3.63, 3.8) is 0 Å². The van der Waals surface area contributed by atoms with Crippen molar-refractivity contribution in [2.45, 2.75) is 32.9 Å². The Balaban J connectivity index is 1.97. The van der Waals surface area contributed by atoms with Crippen molar-refractivity contribution < 1.29 is 14.6 Å². The number of hydrogen-bond donors (Lipinski definition) is 2. The molecule has 1 atom stereocenters. The largest absolute Gasteiger partial charge is 0.489 e. The predicted molar refractivity (Wildman–Crippen MR) is 90.6 cm³/mol. The van der Waals surface area contributed by atoms with Gasteiger partial charge in [0.15, 0.2) is 0 Å². The Bertz CT molecular complexity index is 655. The van der Waals surface area contributed by atoms with Crippen molar-refractivity contribution in [2.24, 2.45) is 0 Å². The molecule has 4 nitrogen and oxygen atoms in total. The third-order valence-electron chi connectivity index (χ3n) is 3.52. The highest BCUT2D eigenvalue weighted by molar-refractivity contribution is 5.94. The van der Waals surface area contributed by atoms with E-state index in [1.807, 2.05) is 38.1 Å². The van der Waals surface area contributed by atoms with Gasteiger partial charge >= 0.3 is 0 Å². The molecule has 0 aromatic heterocycles. The molecular weight excluding hydrogens is 290 g/mol. The topological polar surface area (TPSA) is 58.6 Å². The van der Waals surface area contributed by atoms with Crippen LogP contribution in [0.3, 0.4) is 0 Å². The van der Waals surface area contributed by atoms with Gasteiger partial charge < -0.3 is 15.2 Å². The van der Waals surface area contributed by atoms with Gasteiger partial charge in [0.2, 0.25) is 0 Å². The van der Waals surface area contributed by atoms with E-state index >= 15 is 0 Å². The molecule has 23 heavy (non-hydrogen) atoms. The summed E-state index contributed by atoms with van der Waals surface area (Å²) in [7, 11) is 0. The summed E-state index contributed by atoms with van der Waals surface area (Å²) in [4.78, 5) is 12.2. The number of carbonyl (C=O) groups is 1. The Hall–Kier alpha value is -2.33. The molecule has 0 bridgehead atoms. The van der Waals surface area contributed by atoms with Gasteiger partial charge in [0, 0.05) is 18.2 Å². The highest BCUT2D eigenvalue weighted by Crippen LogP contribution is 2.16. The minimum absolute atomic E-state index is 0.0566. The molecule has 4 heteroatoms. The summed E-state index contributed by atoms with van der Waals surface area (Å²) in [5.74, 6) is 0.501. The number of carbonyl (C=O) groups excluding carboxylic acids is 1. The predicted octanol–water partition coefficient (Wildman–Crippen LogP) is 3.07. The van der Waals surface area contributed by atoms with E-state index in [9.17, 15) is 4.79 Å². The number of hydrogen-bond acceptors (Lipinski definition) is 3. The minimum Gasteiger partial charge on any atom is -0.489 e. The van der Waals surface area contributed by atoms with E-state index in [0.29, 0.717) is 24.3 Å². The third-order valence-corrected chi connectivity index (χ3v) is 3.52. The van der Waals surface area contributed by atoms with E-state index in [1.165, 1.54) is 5.56 Å². The van der Waals surface area contributed by atoms with Gasteiger partial charge in [0.1, 0.15) is 12.4 Å². The summed E-state index contributed by atoms with van der Waals surface area (Å²) in [5, 5.41) is 11.7. The SMILES string of the molecule is Cc1cccc(COc2cccc(C(=O)NC(C)CCO)c2)c1. The summed E-state index contributed by atoms with van der Waals surface area (Å²) in [6.07, 6.45) is 0.537. The molecule has 0 aliphatic carbocycles. The van der Waals surface area contributed by atoms with Crippen LogP contribution in [0.1, 0.15) is 34.8 Å². The van der Waals surface area contributed by atoms with Crippen LogP contribution in [0.15, 0.2) is 48.5 Å². The highest BCUT2D eigenvalue weighted by Gasteiger charge is 2.10. The first kappa shape index (κ1) is 17.0. The molecule has 122 valence electrons. The second-order valence-corrected chi connectivity index (χ2v) is 5.69. The van der Waals surface area contributed by atoms with Gasteiger partial charge in [0.05, 0.1) is 0 Å². The Kier molecular flexibility index (Phi) is 6.18. The second-order valence-electron chi connectivity index (χ2n) is 5.69. The van der Waals surface area contributed by atoms with Crippen LogP contribution in [0, 0.1) is 6.92 Å². The maximum atomic E-state index is 12.2. The first-order valence-electron chi connectivity index (χ1n) is 7.78. The quantitative estimate of drug-likeness (QED) is 0.826. The fourth-order valence-corrected chi connectivity index (χ4v) is 2.27. The zero-order valence-corrected chi connectivity index (χ0v) is 13.6. The Labute approximate surface area is 137 Å². The molecular formula is C19H23NO3. The molecule has 2 aromatic carbocycles. The molecule has 0 heterocycles. The van der Waals surface area contributed by atoms with Crippen LogP contribution in [-0.2, 0) is 6.61 Å². The summed E-state index contributed by atoms with van der Waals surface area (Å²) < 4.78 is 5.77. The lowest BCUT2D eigenvalue weighted by molar-refractivity contribution is 0.0934. The Morgan fingerprint density at radius 3 is 2.74 bits per heavy atom. The highest BCUT2D eigenvalue weighted by atomic mass is 16.5. The normalized spacial score (nSPS) is 11.8. The zero-order chi connectivity index (χ0) is 16.7. The van der Waals surface area contributed by atoms with E-state index in [-0.39, 0.29) is 18.6 Å². The molecule has 2 N–H and O–H groups in total. The number of nitrogens with one attached hydrogen (secondary N) is 1. The lowest BCUT2D eigenvalue weighted by Crippen LogP contribution is -2.33. The van der Waals surface area contributed by atoms with Gasteiger partial charge in [-0.25, -0.2) is 0 Å². The van der Waals surface area contributed by atoms with Crippen LogP contribution in [0.4, 0.5) is 0 Å². The fraction of sp³-hybridized carbons (Fsp3) is 0.316. The summed E-state index contributed by atoms with van der Waals surface area (Å²) in [5.41, 5.74) is 2.84. The van der Waals surface area contributed by atoms with Crippen molar-refractivity contribution >= 4 is 5.91 Å². The van der Waals surface area contributed by atoms with Gasteiger partial charge in [0.25, 0.3) is 5.91 Å². The third kappa shape index (κ3) is 5.42. The number of aryl methyl sites for hydroxylation is 1. The van der Waals surface area contributed by atoms with Crippen molar-refractivity contribution in [3.8, 4) is 5.75 Å². The number of rotatable bonds is 7. The Morgan fingerprint density at radius 2 is 2.00 bits per heavy atom. The van der Waals surface area contributed by atoms with Crippen LogP contribution in [-0.4, -0.2) is 23.7 Å². The van der Waals surface area contributed by atoms with E-state index in [1.54, 1.807) is 18.2 Å². The molecule has 0 aliphatic heterocycles. The number of benzene rings is 2. The van der Waals surface area contributed by atoms with E-state index in [2.05, 4.69) is 11.4 Å². The van der Waals surface area contributed by atoms with Crippen molar-refractivity contribution in [2.75, 3.05) is 6.61 Å². The van der Waals surface area contributed by atoms with Gasteiger partial charge in [-0.1, -0.05) is 35.9 Å². The molecule has 2 rings (SSSR count). The van der Waals surface area contributed by atoms with Gasteiger partial charge in [-0.2, -0.15) is 0 Å². The van der Waals surface area contributed by atoms with Crippen molar-refractivity contribution in [3.05, 3.63) is 65.2 Å². The summed E-state index contributed by atoms with van der Waals surface area (Å²) in [6.45, 7) is 4.43. The summed E-state index contributed by atoms with van der Waals surface area (Å²) in [6, 6.07) is 15.2. The number of aliphatic hydroxyl groups is 1. The molecule has 0 aliphatic rings. The van der Waals surface area contributed by atoms with E-state index in [4.69, 9.17) is 9.84 Å². The first-order chi connectivity index (χ1) is 11.1. The average molecular weight is 313 g/mol. The average Bonchev–Trinajstić information content (AvgIpc) is 2.53. The standard InChI is InChI=1S/C19H23NO3/c1-14-5-3-6-16(11-14)13-23-18-8-4-7-17(12-18)19(22)20-15(2)9-10-21/h3-8,11-12,15,21H,9-10,13H2,1-2H3,(H,20,22). The lowest BCUT2D eigenvalue weighted by Gasteiger charge is -2.13. The second kappa shape index (κ2) is 8.34. The van der Waals surface area contributed by atoms with Crippen molar-refractivity contribution in [1.82, 2.24) is 5.32 Å². The molecule has 0 radical (unpaired) electrons. The van der Waals surface area contributed by atoms with Gasteiger partial charge in [-0.15, -0.1) is 0 Å².